The van der Waals surface area contributed by atoms with Crippen molar-refractivity contribution in [1.29, 1.82) is 0 Å². The number of anilines is 1. The van der Waals surface area contributed by atoms with Gasteiger partial charge in [0.05, 0.1) is 18.0 Å². The van der Waals surface area contributed by atoms with Gasteiger partial charge in [-0.2, -0.15) is 13.2 Å². The van der Waals surface area contributed by atoms with Gasteiger partial charge < -0.3 is 10.5 Å². The molecule has 9 nitrogen and oxygen atoms in total. The predicted molar refractivity (Wildman–Crippen MR) is 152 cm³/mol. The lowest BCUT2D eigenvalue weighted by Crippen LogP contribution is -2.37. The van der Waals surface area contributed by atoms with Crippen LogP contribution in [0.25, 0.3) is 16.8 Å². The van der Waals surface area contributed by atoms with Gasteiger partial charge in [0.1, 0.15) is 28.5 Å². The van der Waals surface area contributed by atoms with E-state index in [9.17, 15) is 22.8 Å². The highest BCUT2D eigenvalue weighted by Gasteiger charge is 2.55. The van der Waals surface area contributed by atoms with Crippen molar-refractivity contribution in [2.75, 3.05) is 12.3 Å². The average Bonchev–Trinajstić information content (AvgIpc) is 3.41. The number of pyridine rings is 1. The summed E-state index contributed by atoms with van der Waals surface area (Å²) >= 11 is 0. The van der Waals surface area contributed by atoms with E-state index in [-0.39, 0.29) is 41.3 Å². The van der Waals surface area contributed by atoms with E-state index in [0.29, 0.717) is 34.7 Å². The summed E-state index contributed by atoms with van der Waals surface area (Å²) in [7, 11) is 0. The normalized spacial score (nSPS) is 17.9. The van der Waals surface area contributed by atoms with Crippen molar-refractivity contribution in [3.63, 3.8) is 0 Å². The number of carbonyl (C=O) groups excluding carboxylic acids is 2. The number of likely N-dealkylation sites (tertiary alicyclic amines) is 1. The van der Waals surface area contributed by atoms with Gasteiger partial charge in [-0.25, -0.2) is 14.8 Å². The lowest BCUT2D eigenvalue weighted by Gasteiger charge is -2.28. The molecule has 1 aromatic carbocycles. The number of amides is 1. The summed E-state index contributed by atoms with van der Waals surface area (Å²) in [4.78, 5) is 41.1. The molecule has 2 N–H and O–H groups in total. The Kier molecular flexibility index (Phi) is 6.70. The molecule has 2 aliphatic rings. The Balaban J connectivity index is 1.31. The highest BCUT2D eigenvalue weighted by molar-refractivity contribution is 5.98. The SMILES string of the molecule is CC(C)(C)OC(=O)N1CC2(CC2)CC1c1nc(-c2ccc(C(=O)Cc3cc(C(F)(F)F)ccn3)cc2)c2c(N)nccn12. The van der Waals surface area contributed by atoms with E-state index in [1.165, 1.54) is 0 Å². The molecule has 1 aliphatic heterocycles. The molecule has 4 heterocycles. The van der Waals surface area contributed by atoms with Crippen molar-refractivity contribution < 1.29 is 27.5 Å². The number of benzene rings is 1. The second-order valence-corrected chi connectivity index (χ2v) is 12.4. The number of fused-ring (bicyclic) bond motifs is 1. The minimum absolute atomic E-state index is 0.0343. The largest absolute Gasteiger partial charge is 0.444 e. The highest BCUT2D eigenvalue weighted by atomic mass is 19.4. The van der Waals surface area contributed by atoms with Crippen molar-refractivity contribution in [3.05, 3.63) is 77.6 Å². The fourth-order valence-corrected chi connectivity index (χ4v) is 5.69. The molecule has 3 aromatic heterocycles. The Morgan fingerprint density at radius 1 is 1.07 bits per heavy atom. The first-order valence-electron chi connectivity index (χ1n) is 14.0. The summed E-state index contributed by atoms with van der Waals surface area (Å²) in [6, 6.07) is 8.06. The van der Waals surface area contributed by atoms with Crippen LogP contribution in [-0.4, -0.2) is 48.3 Å². The third-order valence-corrected chi connectivity index (χ3v) is 7.97. The zero-order valence-corrected chi connectivity index (χ0v) is 24.0. The number of nitrogen functional groups attached to an aromatic ring is 1. The number of hydrogen-bond acceptors (Lipinski definition) is 7. The smallest absolute Gasteiger partial charge is 0.416 e. The van der Waals surface area contributed by atoms with Crippen LogP contribution in [0, 0.1) is 5.41 Å². The number of alkyl halides is 3. The quantitative estimate of drug-likeness (QED) is 0.271. The number of nitrogens with zero attached hydrogens (tertiary/aromatic N) is 5. The molecule has 224 valence electrons. The van der Waals surface area contributed by atoms with E-state index in [2.05, 4.69) is 9.97 Å². The predicted octanol–water partition coefficient (Wildman–Crippen LogP) is 6.28. The Hall–Kier alpha value is -4.48. The molecule has 1 aliphatic carbocycles. The lowest BCUT2D eigenvalue weighted by molar-refractivity contribution is -0.137. The first-order valence-corrected chi connectivity index (χ1v) is 14.0. The molecule has 6 rings (SSSR count). The van der Waals surface area contributed by atoms with Gasteiger partial charge in [0.15, 0.2) is 5.78 Å². The second-order valence-electron chi connectivity index (χ2n) is 12.4. The number of halogens is 3. The number of carbonyl (C=O) groups is 2. The standard InChI is InChI=1S/C31H31F3N6O3/c1-29(2,3)43-28(42)40-17-30(9-10-30)16-22(40)27-38-24(25-26(35)37-12-13-39(25)27)19-6-4-18(5-7-19)23(41)15-21-14-20(8-11-36-21)31(32,33)34/h4-8,11-14,22H,9-10,15-17H2,1-3H3,(H2,35,37). The molecule has 1 amide bonds. The summed E-state index contributed by atoms with van der Waals surface area (Å²) in [6.07, 6.45) is 2.04. The van der Waals surface area contributed by atoms with Crippen molar-refractivity contribution >= 4 is 23.2 Å². The summed E-state index contributed by atoms with van der Waals surface area (Å²) in [6.45, 7) is 6.10. The van der Waals surface area contributed by atoms with Gasteiger partial charge in [-0.1, -0.05) is 24.3 Å². The van der Waals surface area contributed by atoms with Crippen molar-refractivity contribution in [2.45, 2.75) is 64.3 Å². The van der Waals surface area contributed by atoms with Crippen LogP contribution in [0.5, 0.6) is 0 Å². The number of ether oxygens (including phenoxy) is 1. The summed E-state index contributed by atoms with van der Waals surface area (Å²) in [5.74, 6) is 0.531. The van der Waals surface area contributed by atoms with E-state index >= 15 is 0 Å². The Morgan fingerprint density at radius 2 is 1.79 bits per heavy atom. The van der Waals surface area contributed by atoms with E-state index in [4.69, 9.17) is 15.5 Å². The molecule has 1 unspecified atom stereocenters. The third kappa shape index (κ3) is 5.65. The molecule has 12 heteroatoms. The highest BCUT2D eigenvalue weighted by Crippen LogP contribution is 2.58. The van der Waals surface area contributed by atoms with Crippen LogP contribution in [0.2, 0.25) is 0 Å². The van der Waals surface area contributed by atoms with Gasteiger partial charge >= 0.3 is 12.3 Å². The maximum absolute atomic E-state index is 13.3. The molecule has 2 fully saturated rings. The minimum Gasteiger partial charge on any atom is -0.444 e. The number of nitrogens with two attached hydrogens (primary N) is 1. The van der Waals surface area contributed by atoms with Crippen LogP contribution in [-0.2, 0) is 17.3 Å². The molecule has 1 saturated carbocycles. The number of imidazole rings is 1. The van der Waals surface area contributed by atoms with Crippen molar-refractivity contribution in [1.82, 2.24) is 24.3 Å². The Morgan fingerprint density at radius 3 is 2.44 bits per heavy atom. The molecule has 43 heavy (non-hydrogen) atoms. The fourth-order valence-electron chi connectivity index (χ4n) is 5.69. The van der Waals surface area contributed by atoms with E-state index in [1.807, 2.05) is 25.2 Å². The number of Topliss-reactive ketones (excluding diaryl/α,β-unsaturated/α-hetero) is 1. The maximum atomic E-state index is 13.3. The molecule has 4 aromatic rings. The van der Waals surface area contributed by atoms with E-state index < -0.39 is 17.3 Å². The van der Waals surface area contributed by atoms with Gasteiger partial charge in [0.25, 0.3) is 0 Å². The van der Waals surface area contributed by atoms with Gasteiger partial charge in [-0.15, -0.1) is 0 Å². The van der Waals surface area contributed by atoms with Crippen LogP contribution < -0.4 is 5.73 Å². The maximum Gasteiger partial charge on any atom is 0.416 e. The number of rotatable bonds is 5. The van der Waals surface area contributed by atoms with Crippen LogP contribution in [0.3, 0.4) is 0 Å². The van der Waals surface area contributed by atoms with Gasteiger partial charge in [-0.3, -0.25) is 19.1 Å². The summed E-state index contributed by atoms with van der Waals surface area (Å²) in [5, 5.41) is 0. The van der Waals surface area contributed by atoms with E-state index in [1.54, 1.807) is 41.6 Å². The molecule has 1 spiro atoms. The number of ketones is 1. The van der Waals surface area contributed by atoms with Gasteiger partial charge in [0.2, 0.25) is 0 Å². The zero-order valence-electron chi connectivity index (χ0n) is 24.0. The average molecular weight is 593 g/mol. The van der Waals surface area contributed by atoms with Crippen LogP contribution in [0.15, 0.2) is 55.0 Å². The second kappa shape index (κ2) is 10.1. The molecule has 1 atom stereocenters. The molecule has 0 bridgehead atoms. The first-order chi connectivity index (χ1) is 20.2. The third-order valence-electron chi connectivity index (χ3n) is 7.97. The van der Waals surface area contributed by atoms with Gasteiger partial charge in [0, 0.05) is 42.0 Å². The molecule has 1 saturated heterocycles. The van der Waals surface area contributed by atoms with Crippen LogP contribution in [0.4, 0.5) is 23.8 Å². The van der Waals surface area contributed by atoms with Crippen molar-refractivity contribution in [2.24, 2.45) is 5.41 Å². The fraction of sp³-hybridized carbons (Fsp3) is 0.387. The van der Waals surface area contributed by atoms with Gasteiger partial charge in [-0.05, 0) is 57.6 Å². The molecular weight excluding hydrogens is 561 g/mol. The molecular formula is C31H31F3N6O3. The monoisotopic (exact) mass is 592 g/mol. The first kappa shape index (κ1) is 28.6. The van der Waals surface area contributed by atoms with E-state index in [0.717, 1.165) is 37.6 Å². The summed E-state index contributed by atoms with van der Waals surface area (Å²) in [5.41, 5.74) is 7.03. The zero-order chi connectivity index (χ0) is 30.7. The van der Waals surface area contributed by atoms with Crippen LogP contribution in [0.1, 0.15) is 73.5 Å². The number of hydrogen-bond donors (Lipinski definition) is 1. The van der Waals surface area contributed by atoms with Crippen molar-refractivity contribution in [3.8, 4) is 11.3 Å². The van der Waals surface area contributed by atoms with Crippen LogP contribution >= 0.6 is 0 Å². The number of aromatic nitrogens is 4. The Labute approximate surface area is 245 Å². The minimum atomic E-state index is -4.52. The Bertz CT molecular complexity index is 1720. The lowest BCUT2D eigenvalue weighted by atomic mass is 10.0. The topological polar surface area (TPSA) is 116 Å². The summed E-state index contributed by atoms with van der Waals surface area (Å²) < 4.78 is 46.8. The molecule has 0 radical (unpaired) electrons.